The molecule has 1 N–H and O–H groups in total. The zero-order valence-corrected chi connectivity index (χ0v) is 15.6. The summed E-state index contributed by atoms with van der Waals surface area (Å²) in [6, 6.07) is 0.855. The zero-order valence-electron chi connectivity index (χ0n) is 15.6. The van der Waals surface area contributed by atoms with Gasteiger partial charge in [-0.3, -0.25) is 4.79 Å². The Balaban J connectivity index is 1.66. The van der Waals surface area contributed by atoms with Crippen molar-refractivity contribution in [2.24, 2.45) is 0 Å². The Labute approximate surface area is 164 Å². The SMILES string of the molecule is O=C(O)c1cn(C2CC2)c2c(F)c(N3CCC4(C3)OCCCO4)c(F)cc2c1=O. The molecule has 1 aliphatic carbocycles. The summed E-state index contributed by atoms with van der Waals surface area (Å²) in [5.41, 5.74) is -1.65. The van der Waals surface area contributed by atoms with Gasteiger partial charge >= 0.3 is 5.97 Å². The number of hydrogen-bond acceptors (Lipinski definition) is 5. The van der Waals surface area contributed by atoms with E-state index in [-0.39, 0.29) is 29.2 Å². The summed E-state index contributed by atoms with van der Waals surface area (Å²) in [5, 5.41) is 9.07. The quantitative estimate of drug-likeness (QED) is 0.844. The molecular weight excluding hydrogens is 386 g/mol. The van der Waals surface area contributed by atoms with Gasteiger partial charge in [-0.1, -0.05) is 0 Å². The predicted molar refractivity (Wildman–Crippen MR) is 99.4 cm³/mol. The maximum Gasteiger partial charge on any atom is 0.341 e. The molecule has 0 radical (unpaired) electrons. The number of carboxylic acids is 1. The summed E-state index contributed by atoms with van der Waals surface area (Å²) in [5.74, 6) is -4.03. The second-order valence-corrected chi connectivity index (χ2v) is 7.87. The number of anilines is 1. The van der Waals surface area contributed by atoms with Crippen LogP contribution in [0.5, 0.6) is 0 Å². The van der Waals surface area contributed by atoms with Crippen molar-refractivity contribution in [1.29, 1.82) is 0 Å². The molecule has 7 nitrogen and oxygen atoms in total. The van der Waals surface area contributed by atoms with Crippen molar-refractivity contribution in [3.63, 3.8) is 0 Å². The molecule has 5 rings (SSSR count). The molecule has 3 aliphatic rings. The van der Waals surface area contributed by atoms with Crippen LogP contribution in [0, 0.1) is 11.6 Å². The predicted octanol–water partition coefficient (Wildman–Crippen LogP) is 2.66. The average Bonchev–Trinajstić information content (AvgIpc) is 3.46. The number of halogens is 2. The maximum absolute atomic E-state index is 15.6. The molecular formula is C20H20F2N2O5. The van der Waals surface area contributed by atoms with E-state index in [9.17, 15) is 19.1 Å². The van der Waals surface area contributed by atoms with Crippen molar-refractivity contribution in [1.82, 2.24) is 4.57 Å². The summed E-state index contributed by atoms with van der Waals surface area (Å²) in [6.45, 7) is 1.61. The van der Waals surface area contributed by atoms with Crippen LogP contribution in [0.1, 0.15) is 42.1 Å². The van der Waals surface area contributed by atoms with Crippen LogP contribution < -0.4 is 10.3 Å². The lowest BCUT2D eigenvalue weighted by Crippen LogP contribution is -2.43. The number of nitrogens with zero attached hydrogens (tertiary/aromatic N) is 2. The minimum Gasteiger partial charge on any atom is -0.477 e. The van der Waals surface area contributed by atoms with Crippen molar-refractivity contribution >= 4 is 22.6 Å². The van der Waals surface area contributed by atoms with Crippen molar-refractivity contribution in [3.05, 3.63) is 39.7 Å². The fourth-order valence-corrected chi connectivity index (χ4v) is 4.31. The number of carboxylic acid groups (broad SMARTS) is 1. The summed E-state index contributed by atoms with van der Waals surface area (Å²) in [4.78, 5) is 25.5. The van der Waals surface area contributed by atoms with Crippen LogP contribution in [0.25, 0.3) is 10.9 Å². The van der Waals surface area contributed by atoms with Gasteiger partial charge in [0.25, 0.3) is 0 Å². The summed E-state index contributed by atoms with van der Waals surface area (Å²) in [6.07, 6.45) is 3.93. The minimum absolute atomic E-state index is 0.0506. The molecule has 9 heteroatoms. The van der Waals surface area contributed by atoms with E-state index in [1.165, 1.54) is 10.8 Å². The second kappa shape index (κ2) is 6.50. The monoisotopic (exact) mass is 406 g/mol. The standard InChI is InChI=1S/C20H20F2N2O5/c21-14-8-12-16(24(11-2-3-11)9-13(18(12)25)19(26)27)15(22)17(14)23-5-4-20(10-23)28-6-1-7-29-20/h8-9,11H,1-7,10H2,(H,26,27). The van der Waals surface area contributed by atoms with E-state index in [0.29, 0.717) is 26.2 Å². The van der Waals surface area contributed by atoms with Crippen LogP contribution in [-0.4, -0.2) is 47.7 Å². The fraction of sp³-hybridized carbons (Fsp3) is 0.500. The lowest BCUT2D eigenvalue weighted by atomic mass is 10.1. The number of benzene rings is 1. The highest BCUT2D eigenvalue weighted by Gasteiger charge is 2.43. The first-order valence-electron chi connectivity index (χ1n) is 9.73. The summed E-state index contributed by atoms with van der Waals surface area (Å²) < 4.78 is 43.6. The van der Waals surface area contributed by atoms with E-state index in [1.807, 2.05) is 0 Å². The molecule has 0 amide bonds. The molecule has 1 aromatic carbocycles. The molecule has 1 aromatic heterocycles. The Hall–Kier alpha value is -2.52. The molecule has 3 heterocycles. The molecule has 0 bridgehead atoms. The highest BCUT2D eigenvalue weighted by Crippen LogP contribution is 2.41. The number of aromatic nitrogens is 1. The van der Waals surface area contributed by atoms with E-state index in [1.54, 1.807) is 4.90 Å². The molecule has 1 saturated carbocycles. The van der Waals surface area contributed by atoms with Crippen molar-refractivity contribution in [3.8, 4) is 0 Å². The molecule has 154 valence electrons. The Bertz CT molecular complexity index is 1070. The molecule has 2 aromatic rings. The number of hydrogen-bond donors (Lipinski definition) is 1. The number of aromatic carboxylic acids is 1. The highest BCUT2D eigenvalue weighted by molar-refractivity contribution is 5.94. The topological polar surface area (TPSA) is 81.0 Å². The van der Waals surface area contributed by atoms with Crippen LogP contribution in [0.2, 0.25) is 0 Å². The highest BCUT2D eigenvalue weighted by atomic mass is 19.1. The molecule has 2 aliphatic heterocycles. The van der Waals surface area contributed by atoms with Crippen LogP contribution in [0.3, 0.4) is 0 Å². The van der Waals surface area contributed by atoms with Crippen LogP contribution in [0.15, 0.2) is 17.1 Å². The Kier molecular flexibility index (Phi) is 4.15. The third kappa shape index (κ3) is 2.91. The molecule has 29 heavy (non-hydrogen) atoms. The van der Waals surface area contributed by atoms with E-state index in [2.05, 4.69) is 0 Å². The third-order valence-electron chi connectivity index (χ3n) is 5.88. The third-order valence-corrected chi connectivity index (χ3v) is 5.88. The van der Waals surface area contributed by atoms with Gasteiger partial charge in [0.15, 0.2) is 11.6 Å². The van der Waals surface area contributed by atoms with Crippen molar-refractivity contribution in [2.45, 2.75) is 37.5 Å². The first-order chi connectivity index (χ1) is 13.9. The van der Waals surface area contributed by atoms with Gasteiger partial charge in [0.05, 0.1) is 30.7 Å². The smallest absolute Gasteiger partial charge is 0.341 e. The normalized spacial score (nSPS) is 21.2. The number of carbonyl (C=O) groups is 1. The largest absolute Gasteiger partial charge is 0.477 e. The Morgan fingerprint density at radius 3 is 2.62 bits per heavy atom. The van der Waals surface area contributed by atoms with Gasteiger partial charge in [-0.2, -0.15) is 0 Å². The Morgan fingerprint density at radius 1 is 1.24 bits per heavy atom. The lowest BCUT2D eigenvalue weighted by Gasteiger charge is -2.34. The number of pyridine rings is 1. The first-order valence-corrected chi connectivity index (χ1v) is 9.73. The van der Waals surface area contributed by atoms with Crippen LogP contribution in [0.4, 0.5) is 14.5 Å². The van der Waals surface area contributed by atoms with Gasteiger partial charge in [0.1, 0.15) is 17.1 Å². The van der Waals surface area contributed by atoms with Gasteiger partial charge in [-0.25, -0.2) is 13.6 Å². The Morgan fingerprint density at radius 2 is 1.97 bits per heavy atom. The van der Waals surface area contributed by atoms with Gasteiger partial charge in [-0.15, -0.1) is 0 Å². The van der Waals surface area contributed by atoms with Gasteiger partial charge in [0.2, 0.25) is 5.43 Å². The molecule has 3 fully saturated rings. The summed E-state index contributed by atoms with van der Waals surface area (Å²) >= 11 is 0. The molecule has 0 unspecified atom stereocenters. The zero-order chi connectivity index (χ0) is 20.3. The number of fused-ring (bicyclic) bond motifs is 1. The first kappa shape index (κ1) is 18.5. The molecule has 0 atom stereocenters. The van der Waals surface area contributed by atoms with Crippen molar-refractivity contribution in [2.75, 3.05) is 31.2 Å². The maximum atomic E-state index is 15.6. The number of rotatable bonds is 3. The lowest BCUT2D eigenvalue weighted by molar-refractivity contribution is -0.252. The van der Waals surface area contributed by atoms with Crippen molar-refractivity contribution < 1.29 is 28.2 Å². The average molecular weight is 406 g/mol. The fourth-order valence-electron chi connectivity index (χ4n) is 4.31. The molecule has 2 saturated heterocycles. The van der Waals surface area contributed by atoms with E-state index in [4.69, 9.17) is 9.47 Å². The van der Waals surface area contributed by atoms with E-state index in [0.717, 1.165) is 25.3 Å². The molecule has 1 spiro atoms. The van der Waals surface area contributed by atoms with Crippen LogP contribution in [-0.2, 0) is 9.47 Å². The minimum atomic E-state index is -1.41. The van der Waals surface area contributed by atoms with E-state index >= 15 is 4.39 Å². The van der Waals surface area contributed by atoms with Crippen LogP contribution >= 0.6 is 0 Å². The summed E-state index contributed by atoms with van der Waals surface area (Å²) in [7, 11) is 0. The van der Waals surface area contributed by atoms with Gasteiger partial charge in [0, 0.05) is 25.2 Å². The second-order valence-electron chi connectivity index (χ2n) is 7.87. The van der Waals surface area contributed by atoms with Gasteiger partial charge < -0.3 is 24.0 Å². The van der Waals surface area contributed by atoms with E-state index < -0.39 is 34.4 Å². The number of ether oxygens (including phenoxy) is 2. The van der Waals surface area contributed by atoms with Gasteiger partial charge in [-0.05, 0) is 25.3 Å².